The molecule has 114 valence electrons. The summed E-state index contributed by atoms with van der Waals surface area (Å²) >= 11 is 0. The molecule has 1 saturated carbocycles. The van der Waals surface area contributed by atoms with Crippen LogP contribution in [0.1, 0.15) is 70.0 Å². The maximum absolute atomic E-state index is 5.46. The highest BCUT2D eigenvalue weighted by Gasteiger charge is 2.30. The van der Waals surface area contributed by atoms with E-state index in [0.717, 1.165) is 38.3 Å². The molecule has 5 heteroatoms. The lowest BCUT2D eigenvalue weighted by atomic mass is 9.84. The van der Waals surface area contributed by atoms with Crippen molar-refractivity contribution in [3.8, 4) is 0 Å². The minimum Gasteiger partial charge on any atom is -0.373 e. The van der Waals surface area contributed by atoms with Gasteiger partial charge >= 0.3 is 0 Å². The molecular weight excluding hydrogens is 254 g/mol. The van der Waals surface area contributed by atoms with Crippen LogP contribution in [-0.2, 0) is 11.3 Å². The van der Waals surface area contributed by atoms with Crippen LogP contribution in [0.2, 0.25) is 0 Å². The maximum Gasteiger partial charge on any atom is 0.231 e. The van der Waals surface area contributed by atoms with Gasteiger partial charge in [-0.25, -0.2) is 0 Å². The molecule has 0 spiro atoms. The van der Waals surface area contributed by atoms with E-state index in [-0.39, 0.29) is 0 Å². The van der Waals surface area contributed by atoms with E-state index < -0.39 is 0 Å². The first kappa shape index (κ1) is 15.4. The van der Waals surface area contributed by atoms with E-state index in [1.807, 2.05) is 0 Å². The topological polar surface area (TPSA) is 60.2 Å². The van der Waals surface area contributed by atoms with Crippen molar-refractivity contribution in [2.24, 2.45) is 0 Å². The number of ether oxygens (including phenoxy) is 1. The zero-order valence-electron chi connectivity index (χ0n) is 12.7. The molecule has 0 aromatic carbocycles. The normalized spacial score (nSPS) is 23.1. The second kappa shape index (κ2) is 8.37. The van der Waals surface area contributed by atoms with Gasteiger partial charge in [0.25, 0.3) is 0 Å². The molecule has 1 aromatic rings. The zero-order valence-corrected chi connectivity index (χ0v) is 12.7. The van der Waals surface area contributed by atoms with Crippen LogP contribution >= 0.6 is 0 Å². The minimum atomic E-state index is 0.364. The van der Waals surface area contributed by atoms with Crippen LogP contribution in [0.3, 0.4) is 0 Å². The number of nitrogens with one attached hydrogen (secondary N) is 1. The lowest BCUT2D eigenvalue weighted by molar-refractivity contribution is 0.114. The highest BCUT2D eigenvalue weighted by molar-refractivity contribution is 5.01. The molecule has 20 heavy (non-hydrogen) atoms. The first-order valence-electron chi connectivity index (χ1n) is 7.98. The Morgan fingerprint density at radius 2 is 2.10 bits per heavy atom. The number of hydrogen-bond donors (Lipinski definition) is 1. The Morgan fingerprint density at radius 3 is 2.90 bits per heavy atom. The molecule has 2 unspecified atom stereocenters. The fourth-order valence-corrected chi connectivity index (χ4v) is 2.79. The monoisotopic (exact) mass is 281 g/mol. The average Bonchev–Trinajstić information content (AvgIpc) is 2.94. The Balaban J connectivity index is 1.93. The Labute approximate surface area is 121 Å². The molecule has 1 fully saturated rings. The van der Waals surface area contributed by atoms with Gasteiger partial charge < -0.3 is 14.6 Å². The molecule has 0 amide bonds. The van der Waals surface area contributed by atoms with Gasteiger partial charge in [0.2, 0.25) is 5.89 Å². The van der Waals surface area contributed by atoms with Crippen molar-refractivity contribution < 1.29 is 9.26 Å². The van der Waals surface area contributed by atoms with Crippen LogP contribution in [0.25, 0.3) is 0 Å². The van der Waals surface area contributed by atoms with Crippen LogP contribution < -0.4 is 5.32 Å². The predicted octanol–water partition coefficient (Wildman–Crippen LogP) is 3.02. The second-order valence-corrected chi connectivity index (χ2v) is 5.55. The summed E-state index contributed by atoms with van der Waals surface area (Å²) in [5.74, 6) is 1.82. The summed E-state index contributed by atoms with van der Waals surface area (Å²) in [6.07, 6.45) is 7.05. The van der Waals surface area contributed by atoms with Crippen molar-refractivity contribution in [1.29, 1.82) is 0 Å². The van der Waals surface area contributed by atoms with E-state index >= 15 is 0 Å². The third-order valence-corrected chi connectivity index (χ3v) is 3.80. The summed E-state index contributed by atoms with van der Waals surface area (Å²) in [4.78, 5) is 4.52. The number of aromatic nitrogens is 2. The molecule has 0 aliphatic heterocycles. The van der Waals surface area contributed by atoms with Crippen LogP contribution in [0.4, 0.5) is 0 Å². The first-order valence-corrected chi connectivity index (χ1v) is 7.98. The molecule has 5 nitrogen and oxygen atoms in total. The summed E-state index contributed by atoms with van der Waals surface area (Å²) in [6, 6.07) is 0.480. The molecule has 0 radical (unpaired) electrons. The molecule has 2 rings (SSSR count). The highest BCUT2D eigenvalue weighted by atomic mass is 16.5. The van der Waals surface area contributed by atoms with Gasteiger partial charge in [0.05, 0.1) is 5.92 Å². The van der Waals surface area contributed by atoms with E-state index in [9.17, 15) is 0 Å². The summed E-state index contributed by atoms with van der Waals surface area (Å²) in [6.45, 7) is 6.54. The summed E-state index contributed by atoms with van der Waals surface area (Å²) in [7, 11) is 0. The van der Waals surface area contributed by atoms with Gasteiger partial charge in [0, 0.05) is 12.6 Å². The smallest absolute Gasteiger partial charge is 0.231 e. The van der Waals surface area contributed by atoms with Crippen molar-refractivity contribution in [3.05, 3.63) is 11.7 Å². The van der Waals surface area contributed by atoms with E-state index in [1.165, 1.54) is 19.3 Å². The van der Waals surface area contributed by atoms with E-state index in [1.54, 1.807) is 0 Å². The number of hydrogen-bond acceptors (Lipinski definition) is 5. The SMILES string of the molecule is CCCNC1CCCCC1c1nc(COCCC)no1. The van der Waals surface area contributed by atoms with Gasteiger partial charge in [-0.1, -0.05) is 31.8 Å². The molecule has 1 aromatic heterocycles. The largest absolute Gasteiger partial charge is 0.373 e. The molecule has 1 aliphatic rings. The van der Waals surface area contributed by atoms with Crippen LogP contribution in [-0.4, -0.2) is 29.3 Å². The molecule has 1 N–H and O–H groups in total. The summed E-state index contributed by atoms with van der Waals surface area (Å²) < 4.78 is 10.9. The van der Waals surface area contributed by atoms with Crippen molar-refractivity contribution in [2.75, 3.05) is 13.2 Å². The third kappa shape index (κ3) is 4.28. The van der Waals surface area contributed by atoms with Crippen molar-refractivity contribution >= 4 is 0 Å². The Bertz CT molecular complexity index is 381. The highest BCUT2D eigenvalue weighted by Crippen LogP contribution is 2.32. The van der Waals surface area contributed by atoms with Crippen molar-refractivity contribution in [1.82, 2.24) is 15.5 Å². The van der Waals surface area contributed by atoms with Gasteiger partial charge in [0.1, 0.15) is 6.61 Å². The lowest BCUT2D eigenvalue weighted by Gasteiger charge is -2.29. The third-order valence-electron chi connectivity index (χ3n) is 3.80. The van der Waals surface area contributed by atoms with E-state index in [0.29, 0.717) is 24.4 Å². The van der Waals surface area contributed by atoms with Gasteiger partial charge in [-0.05, 0) is 32.2 Å². The fourth-order valence-electron chi connectivity index (χ4n) is 2.79. The average molecular weight is 281 g/mol. The second-order valence-electron chi connectivity index (χ2n) is 5.55. The Hall–Kier alpha value is -0.940. The quantitative estimate of drug-likeness (QED) is 0.742. The summed E-state index contributed by atoms with van der Waals surface area (Å²) in [5.41, 5.74) is 0. The van der Waals surface area contributed by atoms with Gasteiger partial charge in [0.15, 0.2) is 5.82 Å². The predicted molar refractivity (Wildman–Crippen MR) is 77.5 cm³/mol. The number of rotatable bonds is 8. The maximum atomic E-state index is 5.46. The lowest BCUT2D eigenvalue weighted by Crippen LogP contribution is -2.37. The van der Waals surface area contributed by atoms with Gasteiger partial charge in [-0.3, -0.25) is 0 Å². The molecule has 0 saturated heterocycles. The van der Waals surface area contributed by atoms with E-state index in [2.05, 4.69) is 29.3 Å². The van der Waals surface area contributed by atoms with Gasteiger partial charge in [-0.15, -0.1) is 0 Å². The van der Waals surface area contributed by atoms with Gasteiger partial charge in [-0.2, -0.15) is 4.98 Å². The zero-order chi connectivity index (χ0) is 14.2. The molecule has 2 atom stereocenters. The summed E-state index contributed by atoms with van der Waals surface area (Å²) in [5, 5.41) is 7.66. The van der Waals surface area contributed by atoms with Crippen LogP contribution in [0.15, 0.2) is 4.52 Å². The first-order chi connectivity index (χ1) is 9.85. The molecule has 1 aliphatic carbocycles. The number of nitrogens with zero attached hydrogens (tertiary/aromatic N) is 2. The van der Waals surface area contributed by atoms with Crippen molar-refractivity contribution in [3.63, 3.8) is 0 Å². The van der Waals surface area contributed by atoms with E-state index in [4.69, 9.17) is 9.26 Å². The minimum absolute atomic E-state index is 0.364. The van der Waals surface area contributed by atoms with Crippen molar-refractivity contribution in [2.45, 2.75) is 70.9 Å². The molecular formula is C15H27N3O2. The Kier molecular flexibility index (Phi) is 6.47. The molecule has 1 heterocycles. The fraction of sp³-hybridized carbons (Fsp3) is 0.867. The van der Waals surface area contributed by atoms with Crippen LogP contribution in [0.5, 0.6) is 0 Å². The standard InChI is InChI=1S/C15H27N3O2/c1-3-9-16-13-8-6-5-7-12(13)15-17-14(18-20-15)11-19-10-4-2/h12-13,16H,3-11H2,1-2H3. The van der Waals surface area contributed by atoms with Crippen LogP contribution in [0, 0.1) is 0 Å². The Morgan fingerprint density at radius 1 is 1.25 bits per heavy atom. The molecule has 0 bridgehead atoms.